The summed E-state index contributed by atoms with van der Waals surface area (Å²) in [5.74, 6) is 0.257. The maximum Gasteiger partial charge on any atom is 0.134 e. The third kappa shape index (κ3) is 3.75. The van der Waals surface area contributed by atoms with E-state index in [-0.39, 0.29) is 11.8 Å². The number of halogens is 2. The molecule has 3 N–H and O–H groups in total. The van der Waals surface area contributed by atoms with Crippen LogP contribution in [0.15, 0.2) is 21.1 Å². The third-order valence-corrected chi connectivity index (χ3v) is 3.64. The van der Waals surface area contributed by atoms with Crippen LogP contribution in [0.2, 0.25) is 0 Å². The van der Waals surface area contributed by atoms with Crippen molar-refractivity contribution >= 4 is 31.9 Å². The summed E-state index contributed by atoms with van der Waals surface area (Å²) in [4.78, 5) is 0. The van der Waals surface area contributed by atoms with Crippen LogP contribution in [0.1, 0.15) is 44.2 Å². The zero-order valence-corrected chi connectivity index (χ0v) is 12.5. The number of benzene rings is 1. The first kappa shape index (κ1) is 14.0. The van der Waals surface area contributed by atoms with E-state index in [1.54, 1.807) is 0 Å². The summed E-state index contributed by atoms with van der Waals surface area (Å²) in [5, 5.41) is 9.90. The Hall–Kier alpha value is -0.0600. The summed E-state index contributed by atoms with van der Waals surface area (Å²) in [6, 6.07) is 3.61. The number of hydrogen-bond donors (Lipinski definition) is 2. The monoisotopic (exact) mass is 349 g/mol. The molecule has 1 atom stereocenters. The topological polar surface area (TPSA) is 46.2 Å². The number of nitrogens with two attached hydrogens (primary N) is 1. The highest BCUT2D eigenvalue weighted by Crippen LogP contribution is 2.35. The first-order valence-corrected chi connectivity index (χ1v) is 7.08. The highest BCUT2D eigenvalue weighted by Gasteiger charge is 2.13. The minimum atomic E-state index is -0.0969. The Morgan fingerprint density at radius 3 is 2.62 bits per heavy atom. The number of aromatic hydroxyl groups is 1. The second-order valence-corrected chi connectivity index (χ2v) is 5.70. The van der Waals surface area contributed by atoms with Gasteiger partial charge in [0.25, 0.3) is 0 Å². The van der Waals surface area contributed by atoms with E-state index in [9.17, 15) is 5.11 Å². The maximum absolute atomic E-state index is 9.90. The smallest absolute Gasteiger partial charge is 0.134 e. The van der Waals surface area contributed by atoms with Gasteiger partial charge in [-0.05, 0) is 34.5 Å². The molecule has 90 valence electrons. The van der Waals surface area contributed by atoms with E-state index in [1.165, 1.54) is 12.8 Å². The van der Waals surface area contributed by atoms with Gasteiger partial charge in [-0.25, -0.2) is 0 Å². The Morgan fingerprint density at radius 2 is 2.00 bits per heavy atom. The second kappa shape index (κ2) is 6.62. The molecule has 0 spiro atoms. The lowest BCUT2D eigenvalue weighted by molar-refractivity contribution is 0.452. The largest absolute Gasteiger partial charge is 0.506 e. The fourth-order valence-electron chi connectivity index (χ4n) is 1.64. The van der Waals surface area contributed by atoms with Crippen LogP contribution in [-0.4, -0.2) is 5.11 Å². The van der Waals surface area contributed by atoms with Crippen molar-refractivity contribution in [3.05, 3.63) is 26.6 Å². The van der Waals surface area contributed by atoms with Crippen LogP contribution in [0, 0.1) is 0 Å². The normalized spacial score (nSPS) is 12.8. The number of hydrogen-bond acceptors (Lipinski definition) is 2. The molecular formula is C12H17Br2NO. The summed E-state index contributed by atoms with van der Waals surface area (Å²) in [5.41, 5.74) is 6.88. The van der Waals surface area contributed by atoms with Crippen LogP contribution < -0.4 is 5.73 Å². The van der Waals surface area contributed by atoms with Gasteiger partial charge in [0.05, 0.1) is 4.47 Å². The van der Waals surface area contributed by atoms with Crippen molar-refractivity contribution in [1.82, 2.24) is 0 Å². The van der Waals surface area contributed by atoms with Gasteiger partial charge in [0.1, 0.15) is 5.75 Å². The van der Waals surface area contributed by atoms with Crippen LogP contribution in [-0.2, 0) is 0 Å². The Kier molecular flexibility index (Phi) is 5.79. The molecule has 0 saturated heterocycles. The number of phenols is 1. The van der Waals surface area contributed by atoms with Crippen molar-refractivity contribution in [2.24, 2.45) is 5.73 Å². The molecule has 2 nitrogen and oxygen atoms in total. The van der Waals surface area contributed by atoms with E-state index in [0.29, 0.717) is 4.47 Å². The lowest BCUT2D eigenvalue weighted by atomic mass is 10.0. The fourth-order valence-corrected chi connectivity index (χ4v) is 2.90. The van der Waals surface area contributed by atoms with Gasteiger partial charge in [0.15, 0.2) is 0 Å². The van der Waals surface area contributed by atoms with E-state index in [4.69, 9.17) is 5.73 Å². The minimum absolute atomic E-state index is 0.0969. The van der Waals surface area contributed by atoms with Crippen molar-refractivity contribution in [3.8, 4) is 5.75 Å². The third-order valence-electron chi connectivity index (χ3n) is 2.58. The molecule has 1 aromatic carbocycles. The predicted octanol–water partition coefficient (Wildman–Crippen LogP) is 4.50. The van der Waals surface area contributed by atoms with E-state index in [1.807, 2.05) is 12.1 Å². The number of unbranched alkanes of at least 4 members (excludes halogenated alkanes) is 2. The molecule has 16 heavy (non-hydrogen) atoms. The molecule has 0 radical (unpaired) electrons. The molecule has 0 amide bonds. The second-order valence-electron chi connectivity index (χ2n) is 3.93. The number of phenolic OH excluding ortho intramolecular Hbond substituents is 1. The van der Waals surface area contributed by atoms with Crippen molar-refractivity contribution in [3.63, 3.8) is 0 Å². The maximum atomic E-state index is 9.90. The zero-order valence-electron chi connectivity index (χ0n) is 9.34. The van der Waals surface area contributed by atoms with E-state index < -0.39 is 0 Å². The standard InChI is InChI=1S/C12H17Br2NO/c1-2-3-4-5-11(15)9-6-8(13)7-10(14)12(9)16/h6-7,11,16H,2-5,15H2,1H3/t11-/m1/s1. The molecule has 0 unspecified atom stereocenters. The minimum Gasteiger partial charge on any atom is -0.506 e. The van der Waals surface area contributed by atoms with Crippen molar-refractivity contribution < 1.29 is 5.11 Å². The van der Waals surface area contributed by atoms with Gasteiger partial charge in [-0.3, -0.25) is 0 Å². The molecule has 0 bridgehead atoms. The van der Waals surface area contributed by atoms with Gasteiger partial charge in [-0.2, -0.15) is 0 Å². The molecule has 0 aliphatic heterocycles. The van der Waals surface area contributed by atoms with E-state index >= 15 is 0 Å². The molecular weight excluding hydrogens is 334 g/mol. The zero-order chi connectivity index (χ0) is 12.1. The van der Waals surface area contributed by atoms with Gasteiger partial charge >= 0.3 is 0 Å². The van der Waals surface area contributed by atoms with E-state index in [2.05, 4.69) is 38.8 Å². The SMILES string of the molecule is CCCCC[C@@H](N)c1cc(Br)cc(Br)c1O. The van der Waals surface area contributed by atoms with Gasteiger partial charge in [0.2, 0.25) is 0 Å². The van der Waals surface area contributed by atoms with Crippen LogP contribution in [0.3, 0.4) is 0 Å². The lowest BCUT2D eigenvalue weighted by Gasteiger charge is -2.15. The Labute approximate surface area is 113 Å². The molecule has 4 heteroatoms. The van der Waals surface area contributed by atoms with Crippen molar-refractivity contribution in [2.45, 2.75) is 38.6 Å². The fraction of sp³-hybridized carbons (Fsp3) is 0.500. The van der Waals surface area contributed by atoms with Crippen LogP contribution in [0.25, 0.3) is 0 Å². The van der Waals surface area contributed by atoms with Crippen LogP contribution in [0.4, 0.5) is 0 Å². The van der Waals surface area contributed by atoms with Gasteiger partial charge in [-0.15, -0.1) is 0 Å². The Balaban J connectivity index is 2.78. The highest BCUT2D eigenvalue weighted by molar-refractivity contribution is 9.11. The molecule has 0 aromatic heterocycles. The summed E-state index contributed by atoms with van der Waals surface area (Å²) < 4.78 is 1.61. The first-order valence-electron chi connectivity index (χ1n) is 5.49. The quantitative estimate of drug-likeness (QED) is 0.768. The van der Waals surface area contributed by atoms with Gasteiger partial charge in [-0.1, -0.05) is 42.1 Å². The van der Waals surface area contributed by atoms with E-state index in [0.717, 1.165) is 22.9 Å². The lowest BCUT2D eigenvalue weighted by Crippen LogP contribution is -2.10. The molecule has 1 aromatic rings. The van der Waals surface area contributed by atoms with Crippen molar-refractivity contribution in [2.75, 3.05) is 0 Å². The summed E-state index contributed by atoms with van der Waals surface area (Å²) in [6.45, 7) is 2.17. The molecule has 1 rings (SSSR count). The van der Waals surface area contributed by atoms with Crippen LogP contribution in [0.5, 0.6) is 5.75 Å². The summed E-state index contributed by atoms with van der Waals surface area (Å²) >= 11 is 6.71. The molecule has 0 heterocycles. The average molecular weight is 351 g/mol. The first-order chi connectivity index (χ1) is 7.56. The number of rotatable bonds is 5. The molecule has 0 fully saturated rings. The Bertz CT molecular complexity index is 355. The van der Waals surface area contributed by atoms with Crippen molar-refractivity contribution in [1.29, 1.82) is 0 Å². The molecule has 0 saturated carbocycles. The van der Waals surface area contributed by atoms with Crippen LogP contribution >= 0.6 is 31.9 Å². The highest BCUT2D eigenvalue weighted by atomic mass is 79.9. The van der Waals surface area contributed by atoms with Gasteiger partial charge in [0, 0.05) is 16.1 Å². The summed E-state index contributed by atoms with van der Waals surface area (Å²) in [7, 11) is 0. The predicted molar refractivity (Wildman–Crippen MR) is 74.6 cm³/mol. The Morgan fingerprint density at radius 1 is 1.31 bits per heavy atom. The molecule has 0 aliphatic rings. The average Bonchev–Trinajstić information content (AvgIpc) is 2.23. The van der Waals surface area contributed by atoms with Gasteiger partial charge < -0.3 is 10.8 Å². The molecule has 0 aliphatic carbocycles. The summed E-state index contributed by atoms with van der Waals surface area (Å²) in [6.07, 6.45) is 4.37.